The summed E-state index contributed by atoms with van der Waals surface area (Å²) in [4.78, 5) is 0.176. The summed E-state index contributed by atoms with van der Waals surface area (Å²) in [6.45, 7) is 2.20. The molecule has 100 valence electrons. The Morgan fingerprint density at radius 3 is 2.37 bits per heavy atom. The third-order valence-electron chi connectivity index (χ3n) is 3.05. The van der Waals surface area contributed by atoms with Gasteiger partial charge in [0.25, 0.3) is 0 Å². The Hall–Kier alpha value is -0.310. The van der Waals surface area contributed by atoms with E-state index in [0.29, 0.717) is 0 Å². The first-order valence-corrected chi connectivity index (χ1v) is 8.38. The van der Waals surface area contributed by atoms with Crippen LogP contribution in [0, 0.1) is 0 Å². The van der Waals surface area contributed by atoms with Crippen LogP contribution in [0.4, 0.5) is 0 Å². The van der Waals surface area contributed by atoms with E-state index in [1.807, 2.05) is 18.2 Å². The third kappa shape index (κ3) is 3.84. The molecule has 0 aliphatic heterocycles. The molecule has 0 aliphatic rings. The molecule has 19 heavy (non-hydrogen) atoms. The highest BCUT2D eigenvalue weighted by Gasteiger charge is 2.13. The summed E-state index contributed by atoms with van der Waals surface area (Å²) in [5.41, 5.74) is 3.83. The van der Waals surface area contributed by atoms with E-state index < -0.39 is 0 Å². The number of aryl methyl sites for hydroxylation is 1. The molecule has 0 heterocycles. The molecule has 0 spiro atoms. The summed E-state index contributed by atoms with van der Waals surface area (Å²) in [7, 11) is 0. The van der Waals surface area contributed by atoms with E-state index in [2.05, 4.69) is 63.0 Å². The van der Waals surface area contributed by atoms with E-state index in [1.165, 1.54) is 23.1 Å². The van der Waals surface area contributed by atoms with Crippen LogP contribution in [0.5, 0.6) is 0 Å². The molecule has 0 fully saturated rings. The Kier molecular flexibility index (Phi) is 5.49. The van der Waals surface area contributed by atoms with Crippen molar-refractivity contribution in [3.8, 4) is 0 Å². The van der Waals surface area contributed by atoms with E-state index in [1.54, 1.807) is 0 Å². The molecule has 2 aromatic rings. The first-order chi connectivity index (χ1) is 9.11. The molecule has 0 radical (unpaired) electrons. The molecule has 0 nitrogen and oxygen atoms in total. The quantitative estimate of drug-likeness (QED) is 0.509. The third-order valence-corrected chi connectivity index (χ3v) is 4.99. The van der Waals surface area contributed by atoms with E-state index in [-0.39, 0.29) is 4.83 Å². The second-order valence-electron chi connectivity index (χ2n) is 4.52. The molecular weight excluding hydrogens is 387 g/mol. The Bertz CT molecular complexity index is 549. The summed E-state index contributed by atoms with van der Waals surface area (Å²) < 4.78 is 1.03. The summed E-state index contributed by atoms with van der Waals surface area (Å²) in [5.74, 6) is 0. The minimum absolute atomic E-state index is 0.176. The van der Waals surface area contributed by atoms with Gasteiger partial charge < -0.3 is 0 Å². The molecule has 0 bridgehead atoms. The van der Waals surface area contributed by atoms with Gasteiger partial charge in [-0.2, -0.15) is 0 Å². The number of benzene rings is 2. The van der Waals surface area contributed by atoms with Gasteiger partial charge in [0.1, 0.15) is 0 Å². The normalized spacial score (nSPS) is 12.4. The zero-order chi connectivity index (χ0) is 13.8. The van der Waals surface area contributed by atoms with Crippen molar-refractivity contribution in [3.63, 3.8) is 0 Å². The Morgan fingerprint density at radius 2 is 1.79 bits per heavy atom. The van der Waals surface area contributed by atoms with Crippen LogP contribution in [0.15, 0.2) is 46.9 Å². The summed E-state index contributed by atoms with van der Waals surface area (Å²) in [6.07, 6.45) is 2.32. The van der Waals surface area contributed by atoms with Crippen molar-refractivity contribution in [3.05, 3.63) is 68.7 Å². The highest BCUT2D eigenvalue weighted by atomic mass is 79.9. The van der Waals surface area contributed by atoms with Gasteiger partial charge in [-0.25, -0.2) is 0 Å². The van der Waals surface area contributed by atoms with Crippen LogP contribution in [0.1, 0.15) is 34.9 Å². The number of halogens is 3. The molecule has 0 N–H and O–H groups in total. The van der Waals surface area contributed by atoms with Gasteiger partial charge in [-0.3, -0.25) is 0 Å². The highest BCUT2D eigenvalue weighted by molar-refractivity contribution is 9.11. The zero-order valence-corrected chi connectivity index (χ0v) is 14.6. The monoisotopic (exact) mass is 400 g/mol. The number of hydrogen-bond donors (Lipinski definition) is 0. The topological polar surface area (TPSA) is 0 Å². The second kappa shape index (κ2) is 6.92. The lowest BCUT2D eigenvalue weighted by molar-refractivity contribution is 0.920. The van der Waals surface area contributed by atoms with Crippen molar-refractivity contribution in [1.82, 2.24) is 0 Å². The summed E-state index contributed by atoms with van der Waals surface area (Å²) >= 11 is 13.3. The fourth-order valence-electron chi connectivity index (χ4n) is 2.03. The Balaban J connectivity index is 2.25. The fourth-order valence-corrected chi connectivity index (χ4v) is 3.95. The Morgan fingerprint density at radius 1 is 1.11 bits per heavy atom. The summed E-state index contributed by atoms with van der Waals surface area (Å²) in [5, 5.41) is 0.744. The van der Waals surface area contributed by atoms with Gasteiger partial charge in [0, 0.05) is 9.50 Å². The van der Waals surface area contributed by atoms with Crippen molar-refractivity contribution in [2.24, 2.45) is 0 Å². The molecule has 3 heteroatoms. The van der Waals surface area contributed by atoms with Gasteiger partial charge in [-0.15, -0.1) is 0 Å². The molecule has 1 atom stereocenters. The number of alkyl halides is 1. The van der Waals surface area contributed by atoms with Gasteiger partial charge in [-0.05, 0) is 35.2 Å². The van der Waals surface area contributed by atoms with Gasteiger partial charge >= 0.3 is 0 Å². The number of hydrogen-bond acceptors (Lipinski definition) is 0. The largest absolute Gasteiger partial charge is 0.0843 e. The van der Waals surface area contributed by atoms with Crippen LogP contribution in [-0.2, 0) is 6.42 Å². The molecule has 0 aliphatic carbocycles. The maximum absolute atomic E-state index is 5.98. The molecule has 2 rings (SSSR count). The van der Waals surface area contributed by atoms with Crippen LogP contribution < -0.4 is 0 Å². The fraction of sp³-hybridized carbons (Fsp3) is 0.250. The predicted molar refractivity (Wildman–Crippen MR) is 90.4 cm³/mol. The maximum Gasteiger partial charge on any atom is 0.0655 e. The van der Waals surface area contributed by atoms with E-state index in [9.17, 15) is 0 Å². The zero-order valence-electron chi connectivity index (χ0n) is 10.7. The molecule has 0 aromatic heterocycles. The van der Waals surface area contributed by atoms with Crippen LogP contribution >= 0.6 is 43.5 Å². The first kappa shape index (κ1) is 15.1. The predicted octanol–water partition coefficient (Wildman–Crippen LogP) is 6.54. The molecule has 0 saturated carbocycles. The lowest BCUT2D eigenvalue weighted by atomic mass is 10.0. The highest BCUT2D eigenvalue weighted by Crippen LogP contribution is 2.36. The lowest BCUT2D eigenvalue weighted by Gasteiger charge is -2.13. The van der Waals surface area contributed by atoms with Gasteiger partial charge in [0.05, 0.1) is 4.83 Å². The van der Waals surface area contributed by atoms with Gasteiger partial charge in [-0.1, -0.05) is 87.1 Å². The van der Waals surface area contributed by atoms with Crippen LogP contribution in [0.3, 0.4) is 0 Å². The van der Waals surface area contributed by atoms with E-state index in [4.69, 9.17) is 11.6 Å². The van der Waals surface area contributed by atoms with Crippen molar-refractivity contribution in [1.29, 1.82) is 0 Å². The molecule has 0 saturated heterocycles. The Labute approximate surface area is 136 Å². The summed E-state index contributed by atoms with van der Waals surface area (Å²) in [6, 6.07) is 14.7. The number of rotatable bonds is 4. The van der Waals surface area contributed by atoms with E-state index in [0.717, 1.165) is 15.9 Å². The second-order valence-corrected chi connectivity index (χ2v) is 6.73. The first-order valence-electron chi connectivity index (χ1n) is 6.29. The molecule has 1 unspecified atom stereocenters. The van der Waals surface area contributed by atoms with Crippen LogP contribution in [0.2, 0.25) is 5.02 Å². The average Bonchev–Trinajstić information content (AvgIpc) is 2.39. The molecular formula is C16H15Br2Cl. The standard InChI is InChI=1S/C16H15Br2Cl/c1-2-3-11-4-6-12(7-5-11)16(18)14-9-8-13(19)10-15(14)17/h4-10,16H,2-3H2,1H3. The van der Waals surface area contributed by atoms with Crippen molar-refractivity contribution < 1.29 is 0 Å². The smallest absolute Gasteiger partial charge is 0.0655 e. The van der Waals surface area contributed by atoms with E-state index >= 15 is 0 Å². The minimum atomic E-state index is 0.176. The molecule has 0 amide bonds. The van der Waals surface area contributed by atoms with Crippen molar-refractivity contribution in [2.45, 2.75) is 24.6 Å². The SMILES string of the molecule is CCCc1ccc(C(Br)c2ccc(Cl)cc2Br)cc1. The molecule has 2 aromatic carbocycles. The van der Waals surface area contributed by atoms with Crippen LogP contribution in [-0.4, -0.2) is 0 Å². The lowest BCUT2D eigenvalue weighted by Crippen LogP contribution is -1.95. The van der Waals surface area contributed by atoms with Gasteiger partial charge in [0.15, 0.2) is 0 Å². The minimum Gasteiger partial charge on any atom is -0.0843 e. The maximum atomic E-state index is 5.98. The van der Waals surface area contributed by atoms with Crippen molar-refractivity contribution >= 4 is 43.5 Å². The van der Waals surface area contributed by atoms with Crippen molar-refractivity contribution in [2.75, 3.05) is 0 Å². The van der Waals surface area contributed by atoms with Gasteiger partial charge in [0.2, 0.25) is 0 Å². The average molecular weight is 403 g/mol. The van der Waals surface area contributed by atoms with Crippen LogP contribution in [0.25, 0.3) is 0 Å².